The fourth-order valence-electron chi connectivity index (χ4n) is 5.05. The first-order valence-corrected chi connectivity index (χ1v) is 11.4. The van der Waals surface area contributed by atoms with E-state index >= 15 is 0 Å². The van der Waals surface area contributed by atoms with Gasteiger partial charge < -0.3 is 14.5 Å². The average molecular weight is 439 g/mol. The van der Waals surface area contributed by atoms with E-state index in [0.717, 1.165) is 30.4 Å². The second-order valence-electron chi connectivity index (χ2n) is 9.16. The Kier molecular flexibility index (Phi) is 6.60. The summed E-state index contributed by atoms with van der Waals surface area (Å²) < 4.78 is 20.3. The van der Waals surface area contributed by atoms with Crippen LogP contribution in [0.3, 0.4) is 0 Å². The summed E-state index contributed by atoms with van der Waals surface area (Å²) >= 11 is 0. The van der Waals surface area contributed by atoms with Crippen molar-refractivity contribution >= 4 is 11.8 Å². The zero-order valence-electron chi connectivity index (χ0n) is 18.9. The van der Waals surface area contributed by atoms with Crippen LogP contribution in [0.25, 0.3) is 11.1 Å². The molecule has 0 radical (unpaired) electrons. The molecule has 0 aliphatic carbocycles. The van der Waals surface area contributed by atoms with Crippen LogP contribution in [0.15, 0.2) is 48.5 Å². The number of nitrogens with zero attached hydrogens (tertiary/aromatic N) is 2. The number of carbonyl (C=O) groups excluding carboxylic acids is 2. The van der Waals surface area contributed by atoms with E-state index in [1.165, 1.54) is 6.07 Å². The van der Waals surface area contributed by atoms with Crippen molar-refractivity contribution in [1.29, 1.82) is 0 Å². The Morgan fingerprint density at radius 3 is 2.50 bits per heavy atom. The molecule has 170 valence electrons. The molecule has 0 bridgehead atoms. The van der Waals surface area contributed by atoms with Gasteiger partial charge in [-0.05, 0) is 49.3 Å². The molecule has 0 N–H and O–H groups in total. The van der Waals surface area contributed by atoms with Crippen molar-refractivity contribution in [2.24, 2.45) is 5.41 Å². The molecule has 2 amide bonds. The molecule has 2 saturated heterocycles. The predicted molar refractivity (Wildman–Crippen MR) is 121 cm³/mol. The fraction of sp³-hybridized carbons (Fsp3) is 0.462. The molecule has 2 unspecified atom stereocenters. The lowest BCUT2D eigenvalue weighted by Crippen LogP contribution is -2.46. The molecule has 2 atom stereocenters. The SMILES string of the molecule is CN(C)C(=O)C1(Cc2ccccc2-c2ccccc2F)CCN(C(=O)C2CCCCO2)C1. The van der Waals surface area contributed by atoms with Crippen molar-refractivity contribution in [3.8, 4) is 11.1 Å². The third-order valence-electron chi connectivity index (χ3n) is 6.69. The van der Waals surface area contributed by atoms with E-state index in [4.69, 9.17) is 4.74 Å². The normalized spacial score (nSPS) is 23.2. The van der Waals surface area contributed by atoms with Gasteiger partial charge in [0, 0.05) is 39.4 Å². The van der Waals surface area contributed by atoms with Gasteiger partial charge in [-0.3, -0.25) is 9.59 Å². The molecular formula is C26H31FN2O3. The summed E-state index contributed by atoms with van der Waals surface area (Å²) in [6, 6.07) is 14.4. The second kappa shape index (κ2) is 9.41. The van der Waals surface area contributed by atoms with Gasteiger partial charge in [0.1, 0.15) is 11.9 Å². The molecule has 6 heteroatoms. The van der Waals surface area contributed by atoms with E-state index in [-0.39, 0.29) is 17.6 Å². The number of amides is 2. The number of carbonyl (C=O) groups is 2. The van der Waals surface area contributed by atoms with E-state index in [1.807, 2.05) is 30.3 Å². The summed E-state index contributed by atoms with van der Waals surface area (Å²) in [5, 5.41) is 0. The molecule has 2 aliphatic heterocycles. The van der Waals surface area contributed by atoms with E-state index in [1.54, 1.807) is 36.0 Å². The lowest BCUT2D eigenvalue weighted by atomic mass is 9.77. The van der Waals surface area contributed by atoms with Crippen molar-refractivity contribution in [2.75, 3.05) is 33.8 Å². The topological polar surface area (TPSA) is 49.9 Å². The summed E-state index contributed by atoms with van der Waals surface area (Å²) in [6.07, 6.45) is 3.33. The number of hydrogen-bond acceptors (Lipinski definition) is 3. The lowest BCUT2D eigenvalue weighted by Gasteiger charge is -2.33. The molecular weight excluding hydrogens is 407 g/mol. The molecule has 32 heavy (non-hydrogen) atoms. The summed E-state index contributed by atoms with van der Waals surface area (Å²) in [6.45, 7) is 1.50. The van der Waals surface area contributed by atoms with Crippen LogP contribution < -0.4 is 0 Å². The van der Waals surface area contributed by atoms with Gasteiger partial charge in [-0.2, -0.15) is 0 Å². The van der Waals surface area contributed by atoms with E-state index in [2.05, 4.69) is 0 Å². The number of rotatable bonds is 5. The number of hydrogen-bond donors (Lipinski definition) is 0. The fourth-order valence-corrected chi connectivity index (χ4v) is 5.05. The van der Waals surface area contributed by atoms with Gasteiger partial charge in [0.25, 0.3) is 5.91 Å². The van der Waals surface area contributed by atoms with E-state index in [9.17, 15) is 14.0 Å². The maximum atomic E-state index is 14.6. The van der Waals surface area contributed by atoms with Crippen molar-refractivity contribution < 1.29 is 18.7 Å². The molecule has 2 aliphatic rings. The van der Waals surface area contributed by atoms with Gasteiger partial charge in [-0.15, -0.1) is 0 Å². The number of halogens is 1. The highest BCUT2D eigenvalue weighted by molar-refractivity contribution is 5.87. The van der Waals surface area contributed by atoms with Crippen LogP contribution in [0, 0.1) is 11.2 Å². The second-order valence-corrected chi connectivity index (χ2v) is 9.16. The van der Waals surface area contributed by atoms with Crippen molar-refractivity contribution in [2.45, 2.75) is 38.2 Å². The number of benzene rings is 2. The summed E-state index contributed by atoms with van der Waals surface area (Å²) in [5.41, 5.74) is 1.49. The number of likely N-dealkylation sites (tertiary alicyclic amines) is 1. The molecule has 5 nitrogen and oxygen atoms in total. The van der Waals surface area contributed by atoms with E-state index in [0.29, 0.717) is 38.1 Å². The van der Waals surface area contributed by atoms with Gasteiger partial charge in [-0.1, -0.05) is 42.5 Å². The highest BCUT2D eigenvalue weighted by Crippen LogP contribution is 2.39. The highest BCUT2D eigenvalue weighted by Gasteiger charge is 2.48. The smallest absolute Gasteiger partial charge is 0.251 e. The van der Waals surface area contributed by atoms with Gasteiger partial charge >= 0.3 is 0 Å². The quantitative estimate of drug-likeness (QED) is 0.711. The molecule has 2 fully saturated rings. The van der Waals surface area contributed by atoms with Crippen LogP contribution in [0.4, 0.5) is 4.39 Å². The summed E-state index contributed by atoms with van der Waals surface area (Å²) in [7, 11) is 3.50. The van der Waals surface area contributed by atoms with Crippen LogP contribution in [-0.4, -0.2) is 61.5 Å². The maximum Gasteiger partial charge on any atom is 0.251 e. The third kappa shape index (κ3) is 4.42. The zero-order chi connectivity index (χ0) is 22.7. The lowest BCUT2D eigenvalue weighted by molar-refractivity contribution is -0.147. The molecule has 4 rings (SSSR count). The van der Waals surface area contributed by atoms with E-state index < -0.39 is 11.5 Å². The summed E-state index contributed by atoms with van der Waals surface area (Å²) in [5.74, 6) is -0.299. The minimum absolute atomic E-state index is 0.000647. The molecule has 2 aromatic rings. The zero-order valence-corrected chi connectivity index (χ0v) is 18.9. The largest absolute Gasteiger partial charge is 0.368 e. The maximum absolute atomic E-state index is 14.6. The average Bonchev–Trinajstić information content (AvgIpc) is 3.24. The first kappa shape index (κ1) is 22.5. The van der Waals surface area contributed by atoms with Crippen molar-refractivity contribution in [1.82, 2.24) is 9.80 Å². The predicted octanol–water partition coefficient (Wildman–Crippen LogP) is 3.91. The van der Waals surface area contributed by atoms with Gasteiger partial charge in [0.2, 0.25) is 5.91 Å². The van der Waals surface area contributed by atoms with Crippen LogP contribution in [0.5, 0.6) is 0 Å². The minimum Gasteiger partial charge on any atom is -0.368 e. The Bertz CT molecular complexity index is 987. The van der Waals surface area contributed by atoms with Gasteiger partial charge in [0.15, 0.2) is 0 Å². The molecule has 2 heterocycles. The molecule has 0 aromatic heterocycles. The Balaban J connectivity index is 1.64. The first-order valence-electron chi connectivity index (χ1n) is 11.4. The highest BCUT2D eigenvalue weighted by atomic mass is 19.1. The molecule has 0 saturated carbocycles. The number of ether oxygens (including phenoxy) is 1. The Morgan fingerprint density at radius 2 is 1.81 bits per heavy atom. The van der Waals surface area contributed by atoms with Gasteiger partial charge in [-0.25, -0.2) is 4.39 Å². The van der Waals surface area contributed by atoms with Crippen LogP contribution in [-0.2, 0) is 20.7 Å². The third-order valence-corrected chi connectivity index (χ3v) is 6.69. The first-order chi connectivity index (χ1) is 15.4. The summed E-state index contributed by atoms with van der Waals surface area (Å²) in [4.78, 5) is 29.9. The molecule has 2 aromatic carbocycles. The van der Waals surface area contributed by atoms with Crippen LogP contribution >= 0.6 is 0 Å². The minimum atomic E-state index is -0.741. The van der Waals surface area contributed by atoms with Crippen molar-refractivity contribution in [3.05, 3.63) is 59.9 Å². The Hall–Kier alpha value is -2.73. The molecule has 0 spiro atoms. The Morgan fingerprint density at radius 1 is 1.09 bits per heavy atom. The van der Waals surface area contributed by atoms with Gasteiger partial charge in [0.05, 0.1) is 5.41 Å². The van der Waals surface area contributed by atoms with Crippen molar-refractivity contribution in [3.63, 3.8) is 0 Å². The van der Waals surface area contributed by atoms with Crippen LogP contribution in [0.1, 0.15) is 31.2 Å². The monoisotopic (exact) mass is 438 g/mol. The standard InChI is InChI=1S/C26H31FN2O3/c1-28(2)25(31)26(14-15-29(18-26)24(30)23-13-7-8-16-32-23)17-19-9-3-4-10-20(19)21-11-5-6-12-22(21)27/h3-6,9-12,23H,7-8,13-18H2,1-2H3. The Labute approximate surface area is 189 Å². The van der Waals surface area contributed by atoms with Crippen LogP contribution in [0.2, 0.25) is 0 Å².